The number of fused-ring (bicyclic) bond motifs is 3. The minimum Gasteiger partial charge on any atom is -0.463 e. The maximum Gasteiger partial charge on any atom is 0.215 e. The molecular weight excluding hydrogens is 459 g/mol. The van der Waals surface area contributed by atoms with Gasteiger partial charge < -0.3 is 4.74 Å². The van der Waals surface area contributed by atoms with Gasteiger partial charge >= 0.3 is 0 Å². The number of nitrogens with zero attached hydrogens (tertiary/aromatic N) is 2. The van der Waals surface area contributed by atoms with Crippen LogP contribution in [0.4, 0.5) is 0 Å². The van der Waals surface area contributed by atoms with Crippen LogP contribution in [-0.4, -0.2) is 10.7 Å². The molecule has 2 atom stereocenters. The van der Waals surface area contributed by atoms with Gasteiger partial charge in [0.2, 0.25) is 6.23 Å². The first-order valence-electron chi connectivity index (χ1n) is 8.93. The van der Waals surface area contributed by atoms with Crippen LogP contribution in [0.2, 0.25) is 10.0 Å². The Hall–Kier alpha value is -2.01. The van der Waals surface area contributed by atoms with Crippen molar-refractivity contribution in [1.29, 1.82) is 0 Å². The fraction of sp³-hybridized carbons (Fsp3) is 0.136. The van der Waals surface area contributed by atoms with Gasteiger partial charge in [0, 0.05) is 27.0 Å². The van der Waals surface area contributed by atoms with Gasteiger partial charge in [-0.2, -0.15) is 5.10 Å². The van der Waals surface area contributed by atoms with Gasteiger partial charge in [-0.3, -0.25) is 0 Å². The van der Waals surface area contributed by atoms with Crippen molar-refractivity contribution in [2.75, 3.05) is 0 Å². The summed E-state index contributed by atoms with van der Waals surface area (Å²) in [6.45, 7) is 0. The summed E-state index contributed by atoms with van der Waals surface area (Å²) >= 11 is 16.5. The second-order valence-corrected chi connectivity index (χ2v) is 8.51. The summed E-state index contributed by atoms with van der Waals surface area (Å²) in [5.74, 6) is 0.678. The minimum atomic E-state index is -0.382. The van der Waals surface area contributed by atoms with E-state index in [1.54, 1.807) is 6.07 Å². The Kier molecular flexibility index (Phi) is 4.58. The summed E-state index contributed by atoms with van der Waals surface area (Å²) < 4.78 is 7.35. The predicted octanol–water partition coefficient (Wildman–Crippen LogP) is 7.00. The van der Waals surface area contributed by atoms with Gasteiger partial charge in [-0.1, -0.05) is 87.7 Å². The third-order valence-corrected chi connectivity index (χ3v) is 6.31. The van der Waals surface area contributed by atoms with E-state index in [4.69, 9.17) is 33.0 Å². The molecule has 0 aliphatic carbocycles. The van der Waals surface area contributed by atoms with Crippen molar-refractivity contribution >= 4 is 44.8 Å². The lowest BCUT2D eigenvalue weighted by Crippen LogP contribution is -2.34. The van der Waals surface area contributed by atoms with E-state index >= 15 is 0 Å². The summed E-state index contributed by atoms with van der Waals surface area (Å²) in [6, 6.07) is 21.9. The maximum atomic E-state index is 6.51. The van der Waals surface area contributed by atoms with Crippen molar-refractivity contribution in [2.24, 2.45) is 5.10 Å². The first kappa shape index (κ1) is 18.0. The highest BCUT2D eigenvalue weighted by Gasteiger charge is 2.42. The molecule has 0 saturated heterocycles. The van der Waals surface area contributed by atoms with Crippen LogP contribution in [0.15, 0.2) is 76.3 Å². The van der Waals surface area contributed by atoms with Crippen LogP contribution in [0.1, 0.15) is 35.4 Å². The van der Waals surface area contributed by atoms with E-state index in [0.717, 1.165) is 33.3 Å². The molecule has 3 aromatic carbocycles. The summed E-state index contributed by atoms with van der Waals surface area (Å²) in [7, 11) is 0. The normalized spacial score (nSPS) is 20.2. The molecule has 0 aromatic heterocycles. The van der Waals surface area contributed by atoms with Crippen LogP contribution in [0.3, 0.4) is 0 Å². The van der Waals surface area contributed by atoms with Crippen molar-refractivity contribution in [2.45, 2.75) is 18.7 Å². The predicted molar refractivity (Wildman–Crippen MR) is 116 cm³/mol. The molecule has 0 unspecified atom stereocenters. The number of hydrogen-bond donors (Lipinski definition) is 0. The summed E-state index contributed by atoms with van der Waals surface area (Å²) in [4.78, 5) is 0. The molecule has 0 fully saturated rings. The van der Waals surface area contributed by atoms with Crippen LogP contribution in [0.25, 0.3) is 0 Å². The molecule has 0 bridgehead atoms. The van der Waals surface area contributed by atoms with Crippen LogP contribution in [0.5, 0.6) is 5.75 Å². The van der Waals surface area contributed by atoms with E-state index in [-0.39, 0.29) is 12.3 Å². The molecule has 28 heavy (non-hydrogen) atoms. The molecule has 3 nitrogen and oxygen atoms in total. The van der Waals surface area contributed by atoms with Crippen LogP contribution in [0, 0.1) is 0 Å². The van der Waals surface area contributed by atoms with Crippen molar-refractivity contribution < 1.29 is 4.74 Å². The SMILES string of the molecule is Clc1cc(Cl)c2c(c1)[C@H]1CC(c3ccccc3)=NN1[C@@H](c1ccccc1Br)O2. The van der Waals surface area contributed by atoms with Gasteiger partial charge in [-0.15, -0.1) is 0 Å². The van der Waals surface area contributed by atoms with Gasteiger partial charge in [0.05, 0.1) is 16.8 Å². The Balaban J connectivity index is 1.66. The van der Waals surface area contributed by atoms with Gasteiger partial charge in [0.15, 0.2) is 0 Å². The third-order valence-electron chi connectivity index (χ3n) is 5.09. The standard InChI is InChI=1S/C22H15BrCl2N2O/c23-17-9-5-4-8-15(17)22-27-20(12-19(26-27)13-6-2-1-3-7-13)16-10-14(24)11-18(25)21(16)28-22/h1-11,20,22H,12H2/t20-,22-/m1/s1. The van der Waals surface area contributed by atoms with E-state index in [2.05, 4.69) is 28.1 Å². The average molecular weight is 474 g/mol. The molecule has 0 spiro atoms. The highest BCUT2D eigenvalue weighted by molar-refractivity contribution is 9.10. The summed E-state index contributed by atoms with van der Waals surface area (Å²) in [5, 5.41) is 8.10. The molecule has 5 rings (SSSR count). The molecule has 2 aliphatic heterocycles. The lowest BCUT2D eigenvalue weighted by molar-refractivity contribution is -0.0194. The zero-order chi connectivity index (χ0) is 19.3. The molecule has 0 saturated carbocycles. The monoisotopic (exact) mass is 472 g/mol. The van der Waals surface area contributed by atoms with Gasteiger partial charge in [-0.05, 0) is 23.8 Å². The maximum absolute atomic E-state index is 6.51. The molecule has 3 aromatic rings. The lowest BCUT2D eigenvalue weighted by Gasteiger charge is -2.39. The number of hydrazone groups is 1. The quantitative estimate of drug-likeness (QED) is 0.400. The van der Waals surface area contributed by atoms with Crippen molar-refractivity contribution in [1.82, 2.24) is 5.01 Å². The van der Waals surface area contributed by atoms with Gasteiger partial charge in [0.1, 0.15) is 5.75 Å². The molecule has 0 radical (unpaired) electrons. The van der Waals surface area contributed by atoms with Gasteiger partial charge in [0.25, 0.3) is 0 Å². The zero-order valence-electron chi connectivity index (χ0n) is 14.6. The number of halogens is 3. The number of benzene rings is 3. The van der Waals surface area contributed by atoms with Crippen molar-refractivity contribution in [3.05, 3.63) is 97.9 Å². The third kappa shape index (κ3) is 3.00. The largest absolute Gasteiger partial charge is 0.463 e. The number of ether oxygens (including phenoxy) is 1. The van der Waals surface area contributed by atoms with E-state index in [1.165, 1.54) is 0 Å². The van der Waals surface area contributed by atoms with Crippen LogP contribution in [-0.2, 0) is 0 Å². The van der Waals surface area contributed by atoms with Gasteiger partial charge in [-0.25, -0.2) is 5.01 Å². The Morgan fingerprint density at radius 2 is 1.71 bits per heavy atom. The lowest BCUT2D eigenvalue weighted by atomic mass is 9.96. The highest BCUT2D eigenvalue weighted by Crippen LogP contribution is 2.51. The van der Waals surface area contributed by atoms with E-state index in [0.29, 0.717) is 15.8 Å². The fourth-order valence-electron chi connectivity index (χ4n) is 3.80. The zero-order valence-corrected chi connectivity index (χ0v) is 17.7. The second kappa shape index (κ2) is 7.11. The minimum absolute atomic E-state index is 0.00672. The van der Waals surface area contributed by atoms with Crippen LogP contribution >= 0.6 is 39.1 Å². The molecule has 2 aliphatic rings. The second-order valence-electron chi connectivity index (χ2n) is 6.81. The number of hydrogen-bond acceptors (Lipinski definition) is 3. The highest BCUT2D eigenvalue weighted by atomic mass is 79.9. The molecule has 0 amide bonds. The molecule has 2 heterocycles. The first-order chi connectivity index (χ1) is 13.6. The molecule has 0 N–H and O–H groups in total. The number of rotatable bonds is 2. The topological polar surface area (TPSA) is 24.8 Å². The van der Waals surface area contributed by atoms with E-state index in [9.17, 15) is 0 Å². The Bertz CT molecular complexity index is 1090. The Morgan fingerprint density at radius 1 is 0.964 bits per heavy atom. The van der Waals surface area contributed by atoms with Crippen LogP contribution < -0.4 is 4.74 Å². The Morgan fingerprint density at radius 3 is 2.50 bits per heavy atom. The Labute approximate surface area is 181 Å². The first-order valence-corrected chi connectivity index (χ1v) is 10.5. The van der Waals surface area contributed by atoms with E-state index in [1.807, 2.05) is 53.5 Å². The molecular formula is C22H15BrCl2N2O. The molecule has 6 heteroatoms. The van der Waals surface area contributed by atoms with E-state index < -0.39 is 0 Å². The average Bonchev–Trinajstić information content (AvgIpc) is 3.15. The summed E-state index contributed by atoms with van der Waals surface area (Å²) in [6.07, 6.45) is 0.380. The van der Waals surface area contributed by atoms with Crippen molar-refractivity contribution in [3.8, 4) is 5.75 Å². The summed E-state index contributed by atoms with van der Waals surface area (Å²) in [5.41, 5.74) is 4.10. The smallest absolute Gasteiger partial charge is 0.215 e. The molecule has 140 valence electrons. The fourth-order valence-corrected chi connectivity index (χ4v) is 4.83. The van der Waals surface area contributed by atoms with Crippen molar-refractivity contribution in [3.63, 3.8) is 0 Å².